The zero-order valence-electron chi connectivity index (χ0n) is 15.9. The minimum atomic E-state index is 0.0355. The van der Waals surface area contributed by atoms with E-state index in [-0.39, 0.29) is 5.91 Å². The smallest absolute Gasteiger partial charge is 0.254 e. The van der Waals surface area contributed by atoms with Crippen molar-refractivity contribution in [1.29, 1.82) is 0 Å². The van der Waals surface area contributed by atoms with Crippen LogP contribution in [0, 0.1) is 6.92 Å². The van der Waals surface area contributed by atoms with Crippen LogP contribution in [0.3, 0.4) is 0 Å². The molecule has 0 unspecified atom stereocenters. The topological polar surface area (TPSA) is 45.2 Å². The number of carbonyl (C=O) groups excluding carboxylic acids is 1. The number of pyridine rings is 1. The monoisotopic (exact) mass is 359 g/mol. The highest BCUT2D eigenvalue weighted by Gasteiger charge is 2.15. The van der Waals surface area contributed by atoms with Gasteiger partial charge in [-0.15, -0.1) is 0 Å². The first-order valence-corrected chi connectivity index (χ1v) is 9.23. The first kappa shape index (κ1) is 18.6. The van der Waals surface area contributed by atoms with E-state index in [1.54, 1.807) is 12.4 Å². The summed E-state index contributed by atoms with van der Waals surface area (Å²) < 4.78 is 0. The highest BCUT2D eigenvalue weighted by molar-refractivity contribution is 5.95. The molecule has 1 heterocycles. The molecule has 0 radical (unpaired) electrons. The lowest BCUT2D eigenvalue weighted by Gasteiger charge is -2.21. The Kier molecular flexibility index (Phi) is 6.21. The molecular weight excluding hydrogens is 334 g/mol. The number of rotatable bonds is 7. The highest BCUT2D eigenvalue weighted by atomic mass is 16.2. The number of amides is 1. The minimum absolute atomic E-state index is 0.0355. The molecule has 0 spiro atoms. The zero-order chi connectivity index (χ0) is 19.1. The second-order valence-corrected chi connectivity index (χ2v) is 6.59. The number of aryl methyl sites for hydroxylation is 1. The zero-order valence-corrected chi connectivity index (χ0v) is 15.9. The van der Waals surface area contributed by atoms with Crippen LogP contribution in [0.5, 0.6) is 0 Å². The number of carbonyl (C=O) groups is 1. The summed E-state index contributed by atoms with van der Waals surface area (Å²) in [6, 6.07) is 20.0. The van der Waals surface area contributed by atoms with Crippen molar-refractivity contribution in [3.05, 3.63) is 95.3 Å². The van der Waals surface area contributed by atoms with Crippen molar-refractivity contribution in [3.63, 3.8) is 0 Å². The molecule has 27 heavy (non-hydrogen) atoms. The van der Waals surface area contributed by atoms with E-state index in [0.717, 1.165) is 17.8 Å². The predicted octanol–water partition coefficient (Wildman–Crippen LogP) is 4.66. The van der Waals surface area contributed by atoms with Crippen molar-refractivity contribution in [3.8, 4) is 0 Å². The predicted molar refractivity (Wildman–Crippen MR) is 110 cm³/mol. The van der Waals surface area contributed by atoms with Gasteiger partial charge < -0.3 is 10.2 Å². The van der Waals surface area contributed by atoms with Crippen LogP contribution in [0.1, 0.15) is 34.0 Å². The molecule has 3 rings (SSSR count). The number of hydrogen-bond donors (Lipinski definition) is 1. The molecule has 0 bridgehead atoms. The minimum Gasteiger partial charge on any atom is -0.381 e. The summed E-state index contributed by atoms with van der Waals surface area (Å²) in [7, 11) is 0. The average Bonchev–Trinajstić information content (AvgIpc) is 2.72. The van der Waals surface area contributed by atoms with E-state index in [2.05, 4.69) is 41.5 Å². The van der Waals surface area contributed by atoms with E-state index in [9.17, 15) is 4.79 Å². The molecular formula is C23H25N3O. The maximum absolute atomic E-state index is 12.9. The van der Waals surface area contributed by atoms with Gasteiger partial charge in [0, 0.05) is 43.3 Å². The van der Waals surface area contributed by atoms with Crippen LogP contribution in [0.25, 0.3) is 0 Å². The first-order valence-electron chi connectivity index (χ1n) is 9.23. The maximum Gasteiger partial charge on any atom is 0.254 e. The molecule has 0 atom stereocenters. The summed E-state index contributed by atoms with van der Waals surface area (Å²) in [5.74, 6) is 0.0355. The molecule has 3 aromatic rings. The molecule has 0 aliphatic heterocycles. The Morgan fingerprint density at radius 1 is 1.00 bits per heavy atom. The Morgan fingerprint density at radius 3 is 2.44 bits per heavy atom. The van der Waals surface area contributed by atoms with Gasteiger partial charge in [0.25, 0.3) is 5.91 Å². The molecule has 1 N–H and O–H groups in total. The summed E-state index contributed by atoms with van der Waals surface area (Å²) in [4.78, 5) is 18.8. The Morgan fingerprint density at radius 2 is 1.74 bits per heavy atom. The highest BCUT2D eigenvalue weighted by Crippen LogP contribution is 2.16. The van der Waals surface area contributed by atoms with Crippen LogP contribution < -0.4 is 5.32 Å². The van der Waals surface area contributed by atoms with Gasteiger partial charge in [-0.3, -0.25) is 9.78 Å². The van der Waals surface area contributed by atoms with Crippen molar-refractivity contribution in [2.45, 2.75) is 26.9 Å². The fourth-order valence-electron chi connectivity index (χ4n) is 2.89. The van der Waals surface area contributed by atoms with Gasteiger partial charge in [-0.25, -0.2) is 0 Å². The molecule has 0 fully saturated rings. The van der Waals surface area contributed by atoms with E-state index in [1.165, 1.54) is 11.1 Å². The van der Waals surface area contributed by atoms with Crippen LogP contribution in [0.2, 0.25) is 0 Å². The van der Waals surface area contributed by atoms with E-state index in [4.69, 9.17) is 0 Å². The van der Waals surface area contributed by atoms with Crippen molar-refractivity contribution in [1.82, 2.24) is 9.88 Å². The van der Waals surface area contributed by atoms with Crippen LogP contribution in [-0.4, -0.2) is 22.3 Å². The molecule has 2 aromatic carbocycles. The number of hydrogen-bond acceptors (Lipinski definition) is 3. The summed E-state index contributed by atoms with van der Waals surface area (Å²) in [6.07, 6.45) is 3.51. The summed E-state index contributed by atoms with van der Waals surface area (Å²) in [5, 5.41) is 3.40. The van der Waals surface area contributed by atoms with E-state index < -0.39 is 0 Å². The Balaban J connectivity index is 1.67. The van der Waals surface area contributed by atoms with Crippen LogP contribution in [0.15, 0.2) is 73.1 Å². The van der Waals surface area contributed by atoms with Gasteiger partial charge in [0.05, 0.1) is 0 Å². The second kappa shape index (κ2) is 8.99. The number of benzene rings is 2. The fraction of sp³-hybridized carbons (Fsp3) is 0.217. The van der Waals surface area contributed by atoms with Gasteiger partial charge >= 0.3 is 0 Å². The molecule has 0 saturated carbocycles. The Bertz CT molecular complexity index is 876. The SMILES string of the molecule is CCN(Cc1ccncc1)C(=O)c1cccc(NCc2ccc(C)cc2)c1. The van der Waals surface area contributed by atoms with Gasteiger partial charge in [0.2, 0.25) is 0 Å². The van der Waals surface area contributed by atoms with Gasteiger partial charge in [0.15, 0.2) is 0 Å². The number of aromatic nitrogens is 1. The van der Waals surface area contributed by atoms with E-state index >= 15 is 0 Å². The molecule has 0 aliphatic rings. The largest absolute Gasteiger partial charge is 0.381 e. The lowest BCUT2D eigenvalue weighted by Crippen LogP contribution is -2.30. The normalized spacial score (nSPS) is 10.4. The third-order valence-electron chi connectivity index (χ3n) is 4.52. The molecule has 0 aliphatic carbocycles. The van der Waals surface area contributed by atoms with Gasteiger partial charge in [-0.05, 0) is 55.3 Å². The van der Waals surface area contributed by atoms with E-state index in [1.807, 2.05) is 48.2 Å². The van der Waals surface area contributed by atoms with Crippen LogP contribution >= 0.6 is 0 Å². The number of anilines is 1. The average molecular weight is 359 g/mol. The maximum atomic E-state index is 12.9. The first-order chi connectivity index (χ1) is 13.2. The second-order valence-electron chi connectivity index (χ2n) is 6.59. The van der Waals surface area contributed by atoms with E-state index in [0.29, 0.717) is 18.7 Å². The Hall–Kier alpha value is -3.14. The van der Waals surface area contributed by atoms with Crippen molar-refractivity contribution in [2.75, 3.05) is 11.9 Å². The van der Waals surface area contributed by atoms with Gasteiger partial charge in [0.1, 0.15) is 0 Å². The lowest BCUT2D eigenvalue weighted by atomic mass is 10.1. The van der Waals surface area contributed by atoms with Crippen LogP contribution in [-0.2, 0) is 13.1 Å². The third-order valence-corrected chi connectivity index (χ3v) is 4.52. The molecule has 1 amide bonds. The third kappa shape index (κ3) is 5.17. The van der Waals surface area contributed by atoms with Crippen molar-refractivity contribution in [2.24, 2.45) is 0 Å². The number of nitrogens with one attached hydrogen (secondary N) is 1. The molecule has 1 aromatic heterocycles. The fourth-order valence-corrected chi connectivity index (χ4v) is 2.89. The molecule has 0 saturated heterocycles. The summed E-state index contributed by atoms with van der Waals surface area (Å²) in [5.41, 5.74) is 5.18. The lowest BCUT2D eigenvalue weighted by molar-refractivity contribution is 0.0752. The molecule has 138 valence electrons. The van der Waals surface area contributed by atoms with Gasteiger partial charge in [-0.2, -0.15) is 0 Å². The number of nitrogens with zero attached hydrogens (tertiary/aromatic N) is 2. The summed E-state index contributed by atoms with van der Waals surface area (Å²) in [6.45, 7) is 6.05. The molecule has 4 heteroatoms. The van der Waals surface area contributed by atoms with Crippen molar-refractivity contribution < 1.29 is 4.79 Å². The van der Waals surface area contributed by atoms with Crippen molar-refractivity contribution >= 4 is 11.6 Å². The van der Waals surface area contributed by atoms with Crippen LogP contribution in [0.4, 0.5) is 5.69 Å². The standard InChI is InChI=1S/C23H25N3O/c1-3-26(17-20-11-13-24-14-12-20)23(27)21-5-4-6-22(15-21)25-16-19-9-7-18(2)8-10-19/h4-15,25H,3,16-17H2,1-2H3. The summed E-state index contributed by atoms with van der Waals surface area (Å²) >= 11 is 0. The molecule has 4 nitrogen and oxygen atoms in total. The van der Waals surface area contributed by atoms with Gasteiger partial charge in [-0.1, -0.05) is 35.9 Å². The quantitative estimate of drug-likeness (QED) is 0.667. The Labute approximate surface area is 160 Å².